The Bertz CT molecular complexity index is 517. The van der Waals surface area contributed by atoms with Crippen molar-refractivity contribution < 1.29 is 9.59 Å². The molecule has 1 aliphatic heterocycles. The van der Waals surface area contributed by atoms with Gasteiger partial charge in [0.25, 0.3) is 0 Å². The van der Waals surface area contributed by atoms with Gasteiger partial charge in [-0.3, -0.25) is 9.59 Å². The van der Waals surface area contributed by atoms with E-state index >= 15 is 0 Å². The van der Waals surface area contributed by atoms with E-state index in [1.54, 1.807) is 0 Å². The number of carbonyl (C=O) groups is 2. The highest BCUT2D eigenvalue weighted by Crippen LogP contribution is 2.28. The Morgan fingerprint density at radius 2 is 1.59 bits per heavy atom. The maximum Gasteiger partial charge on any atom is 0.225 e. The maximum atomic E-state index is 12.3. The SMILES string of the molecule is O=C(CCc1ccccc1)N1CCN(C(=O)C2CCC2)CC1. The number of benzene rings is 1. The predicted octanol–water partition coefficient (Wildman–Crippen LogP) is 2.09. The lowest BCUT2D eigenvalue weighted by atomic mass is 9.84. The van der Waals surface area contributed by atoms with Crippen LogP contribution in [0.3, 0.4) is 0 Å². The van der Waals surface area contributed by atoms with Crippen LogP contribution < -0.4 is 0 Å². The van der Waals surface area contributed by atoms with Crippen molar-refractivity contribution in [3.8, 4) is 0 Å². The third-order valence-electron chi connectivity index (χ3n) is 4.87. The Balaban J connectivity index is 1.42. The van der Waals surface area contributed by atoms with E-state index in [1.807, 2.05) is 28.0 Å². The van der Waals surface area contributed by atoms with Gasteiger partial charge in [-0.1, -0.05) is 36.8 Å². The molecule has 0 unspecified atom stereocenters. The van der Waals surface area contributed by atoms with Crippen molar-refractivity contribution in [1.82, 2.24) is 9.80 Å². The summed E-state index contributed by atoms with van der Waals surface area (Å²) in [7, 11) is 0. The molecule has 3 rings (SSSR count). The van der Waals surface area contributed by atoms with Crippen LogP contribution in [0.25, 0.3) is 0 Å². The molecule has 1 aromatic carbocycles. The number of carbonyl (C=O) groups excluding carboxylic acids is 2. The van der Waals surface area contributed by atoms with Crippen molar-refractivity contribution in [3.63, 3.8) is 0 Å². The van der Waals surface area contributed by atoms with Gasteiger partial charge >= 0.3 is 0 Å². The van der Waals surface area contributed by atoms with Crippen LogP contribution in [0.2, 0.25) is 0 Å². The van der Waals surface area contributed by atoms with Gasteiger partial charge in [0, 0.05) is 38.5 Å². The lowest BCUT2D eigenvalue weighted by Gasteiger charge is -2.38. The summed E-state index contributed by atoms with van der Waals surface area (Å²) in [5.74, 6) is 0.780. The van der Waals surface area contributed by atoms with Crippen LogP contribution in [0.4, 0.5) is 0 Å². The van der Waals surface area contributed by atoms with Gasteiger partial charge in [-0.05, 0) is 24.8 Å². The number of hydrogen-bond donors (Lipinski definition) is 0. The van der Waals surface area contributed by atoms with Crippen LogP contribution in [0.1, 0.15) is 31.2 Å². The molecule has 0 atom stereocenters. The number of nitrogens with zero attached hydrogens (tertiary/aromatic N) is 2. The van der Waals surface area contributed by atoms with Gasteiger partial charge in [0.2, 0.25) is 11.8 Å². The molecule has 4 nitrogen and oxygen atoms in total. The Morgan fingerprint density at radius 3 is 2.18 bits per heavy atom. The van der Waals surface area contributed by atoms with Gasteiger partial charge in [-0.2, -0.15) is 0 Å². The van der Waals surface area contributed by atoms with Gasteiger partial charge in [-0.15, -0.1) is 0 Å². The van der Waals surface area contributed by atoms with E-state index in [2.05, 4.69) is 12.1 Å². The van der Waals surface area contributed by atoms with E-state index in [9.17, 15) is 9.59 Å². The van der Waals surface area contributed by atoms with Crippen molar-refractivity contribution in [2.75, 3.05) is 26.2 Å². The molecule has 0 radical (unpaired) electrons. The van der Waals surface area contributed by atoms with E-state index in [0.717, 1.165) is 19.3 Å². The highest BCUT2D eigenvalue weighted by atomic mass is 16.2. The molecule has 0 spiro atoms. The first-order chi connectivity index (χ1) is 10.7. The van der Waals surface area contributed by atoms with E-state index < -0.39 is 0 Å². The minimum Gasteiger partial charge on any atom is -0.339 e. The van der Waals surface area contributed by atoms with Crippen molar-refractivity contribution >= 4 is 11.8 Å². The third-order valence-corrected chi connectivity index (χ3v) is 4.87. The van der Waals surface area contributed by atoms with E-state index in [0.29, 0.717) is 38.5 Å². The molecule has 1 saturated carbocycles. The average Bonchev–Trinajstić information content (AvgIpc) is 2.52. The van der Waals surface area contributed by atoms with Crippen molar-refractivity contribution in [2.45, 2.75) is 32.1 Å². The summed E-state index contributed by atoms with van der Waals surface area (Å²) in [6.07, 6.45) is 4.64. The van der Waals surface area contributed by atoms with Crippen LogP contribution in [-0.4, -0.2) is 47.8 Å². The molecular formula is C18H24N2O2. The van der Waals surface area contributed by atoms with Gasteiger partial charge in [0.1, 0.15) is 0 Å². The topological polar surface area (TPSA) is 40.6 Å². The zero-order chi connectivity index (χ0) is 15.4. The van der Waals surface area contributed by atoms with E-state index in [4.69, 9.17) is 0 Å². The number of amides is 2. The predicted molar refractivity (Wildman–Crippen MR) is 85.3 cm³/mol. The number of hydrogen-bond acceptors (Lipinski definition) is 2. The molecule has 118 valence electrons. The summed E-state index contributed by atoms with van der Waals surface area (Å²) in [4.78, 5) is 28.3. The zero-order valence-electron chi connectivity index (χ0n) is 13.0. The van der Waals surface area contributed by atoms with Crippen molar-refractivity contribution in [2.24, 2.45) is 5.92 Å². The van der Waals surface area contributed by atoms with Crippen LogP contribution in [0, 0.1) is 5.92 Å². The summed E-state index contributed by atoms with van der Waals surface area (Å²) < 4.78 is 0. The monoisotopic (exact) mass is 300 g/mol. The molecule has 4 heteroatoms. The van der Waals surface area contributed by atoms with Crippen LogP contribution >= 0.6 is 0 Å². The van der Waals surface area contributed by atoms with Crippen LogP contribution in [0.15, 0.2) is 30.3 Å². The molecule has 22 heavy (non-hydrogen) atoms. The molecule has 1 aromatic rings. The molecule has 2 aliphatic rings. The largest absolute Gasteiger partial charge is 0.339 e. The van der Waals surface area contributed by atoms with Gasteiger partial charge < -0.3 is 9.80 Å². The van der Waals surface area contributed by atoms with Gasteiger partial charge in [-0.25, -0.2) is 0 Å². The Hall–Kier alpha value is -1.84. The first-order valence-corrected chi connectivity index (χ1v) is 8.34. The molecule has 1 aliphatic carbocycles. The molecule has 0 bridgehead atoms. The van der Waals surface area contributed by atoms with Crippen molar-refractivity contribution in [1.29, 1.82) is 0 Å². The molecule has 1 saturated heterocycles. The Kier molecular flexibility index (Phi) is 4.76. The average molecular weight is 300 g/mol. The minimum absolute atomic E-state index is 0.208. The third kappa shape index (κ3) is 3.49. The van der Waals surface area contributed by atoms with E-state index in [-0.39, 0.29) is 11.8 Å². The lowest BCUT2D eigenvalue weighted by molar-refractivity contribution is -0.144. The highest BCUT2D eigenvalue weighted by Gasteiger charge is 2.31. The normalized spacial score (nSPS) is 18.9. The Morgan fingerprint density at radius 1 is 0.955 bits per heavy atom. The first kappa shape index (κ1) is 15.1. The number of aryl methyl sites for hydroxylation is 1. The highest BCUT2D eigenvalue weighted by molar-refractivity contribution is 5.80. The fourth-order valence-corrected chi connectivity index (χ4v) is 3.14. The van der Waals surface area contributed by atoms with Crippen molar-refractivity contribution in [3.05, 3.63) is 35.9 Å². The van der Waals surface area contributed by atoms with Crippen LogP contribution in [-0.2, 0) is 16.0 Å². The van der Waals surface area contributed by atoms with Gasteiger partial charge in [0.15, 0.2) is 0 Å². The first-order valence-electron chi connectivity index (χ1n) is 8.34. The Labute approximate surface area is 132 Å². The molecule has 2 amide bonds. The summed E-state index contributed by atoms with van der Waals surface area (Å²) in [5, 5.41) is 0. The standard InChI is InChI=1S/C18H24N2O2/c21-17(10-9-15-5-2-1-3-6-15)19-11-13-20(14-12-19)18(22)16-7-4-8-16/h1-3,5-6,16H,4,7-14H2. The van der Waals surface area contributed by atoms with Crippen LogP contribution in [0.5, 0.6) is 0 Å². The summed E-state index contributed by atoms with van der Waals surface area (Å²) in [6, 6.07) is 10.1. The smallest absolute Gasteiger partial charge is 0.225 e. The number of rotatable bonds is 4. The second-order valence-corrected chi connectivity index (χ2v) is 6.32. The fourth-order valence-electron chi connectivity index (χ4n) is 3.14. The summed E-state index contributed by atoms with van der Waals surface area (Å²) in [5.41, 5.74) is 1.20. The summed E-state index contributed by atoms with van der Waals surface area (Å²) in [6.45, 7) is 2.77. The molecule has 0 aromatic heterocycles. The quantitative estimate of drug-likeness (QED) is 0.854. The number of piperazine rings is 1. The molecule has 0 N–H and O–H groups in total. The maximum absolute atomic E-state index is 12.3. The molecular weight excluding hydrogens is 276 g/mol. The lowest BCUT2D eigenvalue weighted by Crippen LogP contribution is -2.52. The fraction of sp³-hybridized carbons (Fsp3) is 0.556. The van der Waals surface area contributed by atoms with E-state index in [1.165, 1.54) is 12.0 Å². The zero-order valence-corrected chi connectivity index (χ0v) is 13.0. The molecule has 1 heterocycles. The second-order valence-electron chi connectivity index (χ2n) is 6.32. The second kappa shape index (κ2) is 6.95. The minimum atomic E-state index is 0.208. The summed E-state index contributed by atoms with van der Waals surface area (Å²) >= 11 is 0. The molecule has 2 fully saturated rings. The van der Waals surface area contributed by atoms with Gasteiger partial charge in [0.05, 0.1) is 0 Å².